The third-order valence-electron chi connectivity index (χ3n) is 1.37. The zero-order valence-electron chi connectivity index (χ0n) is 7.75. The first-order valence-corrected chi connectivity index (χ1v) is 4.31. The van der Waals surface area contributed by atoms with Crippen LogP contribution in [0.3, 0.4) is 0 Å². The summed E-state index contributed by atoms with van der Waals surface area (Å²) in [6, 6.07) is 7.10. The van der Waals surface area contributed by atoms with E-state index in [0.29, 0.717) is 12.3 Å². The molecular formula is C10H17NO. The van der Waals surface area contributed by atoms with Gasteiger partial charge >= 0.3 is 0 Å². The van der Waals surface area contributed by atoms with E-state index in [1.807, 2.05) is 26.0 Å². The minimum atomic E-state index is 0.306. The van der Waals surface area contributed by atoms with E-state index in [1.165, 1.54) is 5.56 Å². The molecule has 0 aromatic heterocycles. The predicted molar refractivity (Wildman–Crippen MR) is 52.2 cm³/mol. The van der Waals surface area contributed by atoms with Crippen molar-refractivity contribution in [1.29, 1.82) is 0 Å². The highest BCUT2D eigenvalue weighted by molar-refractivity contribution is 5.25. The van der Waals surface area contributed by atoms with Crippen molar-refractivity contribution in [1.82, 2.24) is 0 Å². The van der Waals surface area contributed by atoms with Gasteiger partial charge in [0.1, 0.15) is 5.75 Å². The highest BCUT2D eigenvalue weighted by atomic mass is 16.3. The average Bonchev–Trinajstić information content (AvgIpc) is 2.13. The second-order valence-electron chi connectivity index (χ2n) is 2.21. The van der Waals surface area contributed by atoms with Crippen molar-refractivity contribution in [3.63, 3.8) is 0 Å². The number of rotatable bonds is 2. The molecule has 68 valence electrons. The van der Waals surface area contributed by atoms with Gasteiger partial charge in [-0.3, -0.25) is 0 Å². The van der Waals surface area contributed by atoms with Crippen molar-refractivity contribution >= 4 is 0 Å². The maximum atomic E-state index is 8.89. The molecule has 0 unspecified atom stereocenters. The smallest absolute Gasteiger partial charge is 0.115 e. The van der Waals surface area contributed by atoms with E-state index in [-0.39, 0.29) is 0 Å². The molecule has 12 heavy (non-hydrogen) atoms. The Bertz CT molecular complexity index is 193. The molecule has 0 atom stereocenters. The topological polar surface area (TPSA) is 46.2 Å². The molecule has 0 amide bonds. The molecule has 0 fully saturated rings. The van der Waals surface area contributed by atoms with Gasteiger partial charge in [-0.1, -0.05) is 26.0 Å². The van der Waals surface area contributed by atoms with Crippen LogP contribution in [0.4, 0.5) is 0 Å². The summed E-state index contributed by atoms with van der Waals surface area (Å²) in [6.45, 7) is 4.66. The van der Waals surface area contributed by atoms with Crippen molar-refractivity contribution in [2.24, 2.45) is 5.73 Å². The first kappa shape index (κ1) is 11.0. The molecule has 1 rings (SSSR count). The summed E-state index contributed by atoms with van der Waals surface area (Å²) in [4.78, 5) is 0. The highest BCUT2D eigenvalue weighted by Crippen LogP contribution is 2.09. The normalized spacial score (nSPS) is 8.58. The summed E-state index contributed by atoms with van der Waals surface area (Å²) in [5.74, 6) is 0.306. The van der Waals surface area contributed by atoms with Crippen LogP contribution in [0, 0.1) is 0 Å². The van der Waals surface area contributed by atoms with Crippen molar-refractivity contribution in [2.45, 2.75) is 20.3 Å². The second-order valence-corrected chi connectivity index (χ2v) is 2.21. The molecule has 1 aromatic carbocycles. The SMILES string of the molecule is CC.NCCc1ccc(O)cc1. The Balaban J connectivity index is 0.000000561. The molecule has 0 spiro atoms. The van der Waals surface area contributed by atoms with Crippen LogP contribution in [-0.4, -0.2) is 11.7 Å². The molecule has 3 N–H and O–H groups in total. The number of phenolic OH excluding ortho intramolecular Hbond substituents is 1. The number of nitrogens with two attached hydrogens (primary N) is 1. The third kappa shape index (κ3) is 3.98. The van der Waals surface area contributed by atoms with E-state index in [1.54, 1.807) is 12.1 Å². The largest absolute Gasteiger partial charge is 0.508 e. The van der Waals surface area contributed by atoms with Gasteiger partial charge in [0.15, 0.2) is 0 Å². The molecule has 0 heterocycles. The highest BCUT2D eigenvalue weighted by Gasteiger charge is 1.89. The Morgan fingerprint density at radius 3 is 2.08 bits per heavy atom. The maximum Gasteiger partial charge on any atom is 0.115 e. The molecule has 0 aliphatic rings. The summed E-state index contributed by atoms with van der Waals surface area (Å²) in [6.07, 6.45) is 0.875. The first-order chi connectivity index (χ1) is 5.83. The number of benzene rings is 1. The van der Waals surface area contributed by atoms with Crippen molar-refractivity contribution < 1.29 is 5.11 Å². The molecule has 0 bridgehead atoms. The van der Waals surface area contributed by atoms with Crippen molar-refractivity contribution in [3.05, 3.63) is 29.8 Å². The number of aromatic hydroxyl groups is 1. The van der Waals surface area contributed by atoms with Gasteiger partial charge in [0.2, 0.25) is 0 Å². The summed E-state index contributed by atoms with van der Waals surface area (Å²) in [5.41, 5.74) is 6.50. The van der Waals surface area contributed by atoms with Gasteiger partial charge in [-0.25, -0.2) is 0 Å². The molecular weight excluding hydrogens is 150 g/mol. The first-order valence-electron chi connectivity index (χ1n) is 4.31. The Hall–Kier alpha value is -1.02. The second kappa shape index (κ2) is 6.68. The van der Waals surface area contributed by atoms with Gasteiger partial charge in [-0.2, -0.15) is 0 Å². The Labute approximate surface area is 74.0 Å². The lowest BCUT2D eigenvalue weighted by molar-refractivity contribution is 0.475. The van der Waals surface area contributed by atoms with Crippen LogP contribution in [0.15, 0.2) is 24.3 Å². The summed E-state index contributed by atoms with van der Waals surface area (Å²) in [5, 5.41) is 8.89. The predicted octanol–water partition coefficient (Wildman–Crippen LogP) is 1.92. The molecule has 2 heteroatoms. The molecule has 1 aromatic rings. The fourth-order valence-electron chi connectivity index (χ4n) is 0.829. The van der Waals surface area contributed by atoms with Crippen LogP contribution in [0.2, 0.25) is 0 Å². The molecule has 2 nitrogen and oxygen atoms in total. The minimum absolute atomic E-state index is 0.306. The zero-order valence-corrected chi connectivity index (χ0v) is 7.75. The van der Waals surface area contributed by atoms with E-state index in [0.717, 1.165) is 6.42 Å². The van der Waals surface area contributed by atoms with E-state index in [9.17, 15) is 0 Å². The molecule has 0 aliphatic carbocycles. The monoisotopic (exact) mass is 167 g/mol. The minimum Gasteiger partial charge on any atom is -0.508 e. The average molecular weight is 167 g/mol. The zero-order chi connectivity index (χ0) is 9.40. The van der Waals surface area contributed by atoms with Crippen molar-refractivity contribution in [3.8, 4) is 5.75 Å². The molecule has 0 saturated heterocycles. The number of phenols is 1. The van der Waals surface area contributed by atoms with Crippen LogP contribution in [-0.2, 0) is 6.42 Å². The fraction of sp³-hybridized carbons (Fsp3) is 0.400. The van der Waals surface area contributed by atoms with E-state index < -0.39 is 0 Å². The van der Waals surface area contributed by atoms with Crippen LogP contribution < -0.4 is 5.73 Å². The lowest BCUT2D eigenvalue weighted by atomic mass is 10.1. The molecule has 0 saturated carbocycles. The Morgan fingerprint density at radius 1 is 1.17 bits per heavy atom. The fourth-order valence-corrected chi connectivity index (χ4v) is 0.829. The quantitative estimate of drug-likeness (QED) is 0.707. The lowest BCUT2D eigenvalue weighted by Crippen LogP contribution is -2.01. The summed E-state index contributed by atoms with van der Waals surface area (Å²) in [7, 11) is 0. The van der Waals surface area contributed by atoms with Crippen molar-refractivity contribution in [2.75, 3.05) is 6.54 Å². The van der Waals surface area contributed by atoms with Gasteiger partial charge in [0.05, 0.1) is 0 Å². The molecule has 0 radical (unpaired) electrons. The van der Waals surface area contributed by atoms with Crippen LogP contribution >= 0.6 is 0 Å². The van der Waals surface area contributed by atoms with Gasteiger partial charge in [-0.05, 0) is 30.7 Å². The van der Waals surface area contributed by atoms with E-state index in [2.05, 4.69) is 0 Å². The summed E-state index contributed by atoms with van der Waals surface area (Å²) < 4.78 is 0. The summed E-state index contributed by atoms with van der Waals surface area (Å²) >= 11 is 0. The van der Waals surface area contributed by atoms with Gasteiger partial charge < -0.3 is 10.8 Å². The number of hydrogen-bond donors (Lipinski definition) is 2. The van der Waals surface area contributed by atoms with Gasteiger partial charge in [0, 0.05) is 0 Å². The van der Waals surface area contributed by atoms with Crippen LogP contribution in [0.25, 0.3) is 0 Å². The van der Waals surface area contributed by atoms with Gasteiger partial charge in [0.25, 0.3) is 0 Å². The lowest BCUT2D eigenvalue weighted by Gasteiger charge is -1.96. The number of hydrogen-bond acceptors (Lipinski definition) is 2. The third-order valence-corrected chi connectivity index (χ3v) is 1.37. The standard InChI is InChI=1S/C8H11NO.C2H6/c9-6-5-7-1-3-8(10)4-2-7;1-2/h1-4,10H,5-6,9H2;1-2H3. The van der Waals surface area contributed by atoms with E-state index >= 15 is 0 Å². The van der Waals surface area contributed by atoms with Gasteiger partial charge in [-0.15, -0.1) is 0 Å². The van der Waals surface area contributed by atoms with Crippen LogP contribution in [0.1, 0.15) is 19.4 Å². The Morgan fingerprint density at radius 2 is 1.67 bits per heavy atom. The van der Waals surface area contributed by atoms with E-state index in [4.69, 9.17) is 10.8 Å². The Kier molecular flexibility index (Phi) is 6.11. The van der Waals surface area contributed by atoms with Crippen LogP contribution in [0.5, 0.6) is 5.75 Å². The maximum absolute atomic E-state index is 8.89. The molecule has 0 aliphatic heterocycles.